The number of ether oxygens (including phenoxy) is 1. The molecule has 12 heteroatoms. The number of furan rings is 1. The quantitative estimate of drug-likeness (QED) is 0.287. The van der Waals surface area contributed by atoms with Gasteiger partial charge < -0.3 is 30.8 Å². The number of nitrogens with zero attached hydrogens (tertiary/aromatic N) is 2. The van der Waals surface area contributed by atoms with Crippen molar-refractivity contribution >= 4 is 46.3 Å². The monoisotopic (exact) mass is 525 g/mol. The standard InChI is InChI=1S/C24H23N5O5S2/c1-33-15-8-6-14(7-9-15)12-27-23(31)20(17-5-2-10-34-17)29(13-16-4-3-11-35-16)24(32)21-18(25)19(22(26)30)28-36-21/h2-11,20H,12-13,25H2,1H3,(H2,26,30)(H,27,31)/t20-/m1/s1. The summed E-state index contributed by atoms with van der Waals surface area (Å²) in [6.45, 7) is 0.316. The lowest BCUT2D eigenvalue weighted by atomic mass is 10.1. The Morgan fingerprint density at radius 1 is 1.17 bits per heavy atom. The molecule has 0 spiro atoms. The van der Waals surface area contributed by atoms with Crippen molar-refractivity contribution in [1.29, 1.82) is 0 Å². The minimum atomic E-state index is -1.12. The van der Waals surface area contributed by atoms with E-state index in [1.165, 1.54) is 22.5 Å². The van der Waals surface area contributed by atoms with Crippen LogP contribution in [0.3, 0.4) is 0 Å². The zero-order valence-corrected chi connectivity index (χ0v) is 20.8. The van der Waals surface area contributed by atoms with Crippen LogP contribution in [0, 0.1) is 0 Å². The molecule has 5 N–H and O–H groups in total. The van der Waals surface area contributed by atoms with Gasteiger partial charge in [-0.25, -0.2) is 0 Å². The van der Waals surface area contributed by atoms with Crippen molar-refractivity contribution in [3.05, 3.63) is 86.9 Å². The molecule has 3 amide bonds. The average Bonchev–Trinajstić information content (AvgIpc) is 3.65. The maximum Gasteiger partial charge on any atom is 0.270 e. The molecule has 4 rings (SSSR count). The third-order valence-electron chi connectivity index (χ3n) is 5.32. The minimum Gasteiger partial charge on any atom is -0.497 e. The summed E-state index contributed by atoms with van der Waals surface area (Å²) >= 11 is 2.19. The highest BCUT2D eigenvalue weighted by Gasteiger charge is 2.36. The second kappa shape index (κ2) is 11.1. The molecule has 0 saturated heterocycles. The van der Waals surface area contributed by atoms with Gasteiger partial charge in [-0.2, -0.15) is 4.37 Å². The highest BCUT2D eigenvalue weighted by molar-refractivity contribution is 7.10. The van der Waals surface area contributed by atoms with E-state index in [1.54, 1.807) is 31.4 Å². The molecule has 3 aromatic heterocycles. The Labute approximate surface area is 214 Å². The first-order chi connectivity index (χ1) is 17.4. The number of hydrogen-bond donors (Lipinski definition) is 3. The number of nitrogens with two attached hydrogens (primary N) is 2. The molecular formula is C24H23N5O5S2. The summed E-state index contributed by atoms with van der Waals surface area (Å²) in [5.41, 5.74) is 11.9. The maximum atomic E-state index is 13.7. The Kier molecular flexibility index (Phi) is 7.66. The summed E-state index contributed by atoms with van der Waals surface area (Å²) in [5.74, 6) is -0.905. The van der Waals surface area contributed by atoms with Crippen molar-refractivity contribution in [2.45, 2.75) is 19.1 Å². The van der Waals surface area contributed by atoms with Crippen LogP contribution in [0.15, 0.2) is 64.6 Å². The Morgan fingerprint density at radius 3 is 2.53 bits per heavy atom. The molecule has 3 heterocycles. The molecule has 0 fully saturated rings. The van der Waals surface area contributed by atoms with Gasteiger partial charge in [0.1, 0.15) is 16.4 Å². The number of carbonyl (C=O) groups excluding carboxylic acids is 3. The van der Waals surface area contributed by atoms with Crippen molar-refractivity contribution in [1.82, 2.24) is 14.6 Å². The molecule has 10 nitrogen and oxygen atoms in total. The Bertz CT molecular complexity index is 1330. The highest BCUT2D eigenvalue weighted by Crippen LogP contribution is 2.31. The van der Waals surface area contributed by atoms with Crippen molar-refractivity contribution in [2.24, 2.45) is 5.73 Å². The number of aromatic nitrogens is 1. The lowest BCUT2D eigenvalue weighted by Crippen LogP contribution is -2.43. The van der Waals surface area contributed by atoms with Crippen LogP contribution >= 0.6 is 22.9 Å². The smallest absolute Gasteiger partial charge is 0.270 e. The van der Waals surface area contributed by atoms with Crippen LogP contribution in [0.2, 0.25) is 0 Å². The molecule has 36 heavy (non-hydrogen) atoms. The third kappa shape index (κ3) is 5.39. The number of hydrogen-bond acceptors (Lipinski definition) is 9. The van der Waals surface area contributed by atoms with E-state index in [1.807, 2.05) is 29.6 Å². The summed E-state index contributed by atoms with van der Waals surface area (Å²) in [6.07, 6.45) is 1.43. The summed E-state index contributed by atoms with van der Waals surface area (Å²) in [7, 11) is 1.58. The summed E-state index contributed by atoms with van der Waals surface area (Å²) in [6, 6.07) is 13.1. The number of amides is 3. The maximum absolute atomic E-state index is 13.7. The second-order valence-corrected chi connectivity index (χ2v) is 9.44. The molecule has 1 aromatic carbocycles. The Morgan fingerprint density at radius 2 is 1.94 bits per heavy atom. The van der Waals surface area contributed by atoms with Crippen LogP contribution < -0.4 is 21.5 Å². The van der Waals surface area contributed by atoms with Crippen molar-refractivity contribution in [2.75, 3.05) is 12.8 Å². The number of benzene rings is 1. The van der Waals surface area contributed by atoms with Crippen LogP contribution in [0.1, 0.15) is 42.4 Å². The van der Waals surface area contributed by atoms with E-state index in [0.29, 0.717) is 5.75 Å². The lowest BCUT2D eigenvalue weighted by Gasteiger charge is -2.29. The first-order valence-electron chi connectivity index (χ1n) is 10.7. The Balaban J connectivity index is 1.67. The molecule has 0 aliphatic carbocycles. The van der Waals surface area contributed by atoms with E-state index in [0.717, 1.165) is 22.0 Å². The van der Waals surface area contributed by atoms with Gasteiger partial charge in [0.05, 0.1) is 25.6 Å². The normalized spacial score (nSPS) is 11.6. The van der Waals surface area contributed by atoms with E-state index in [9.17, 15) is 14.4 Å². The lowest BCUT2D eigenvalue weighted by molar-refractivity contribution is -0.126. The van der Waals surface area contributed by atoms with E-state index in [4.69, 9.17) is 20.6 Å². The van der Waals surface area contributed by atoms with Gasteiger partial charge in [-0.15, -0.1) is 11.3 Å². The van der Waals surface area contributed by atoms with Crippen molar-refractivity contribution in [3.8, 4) is 5.75 Å². The first-order valence-corrected chi connectivity index (χ1v) is 12.4. The van der Waals surface area contributed by atoms with Gasteiger partial charge in [0, 0.05) is 11.4 Å². The minimum absolute atomic E-state index is 0.0138. The zero-order chi connectivity index (χ0) is 25.7. The molecule has 0 unspecified atom stereocenters. The van der Waals surface area contributed by atoms with Gasteiger partial charge in [-0.05, 0) is 52.8 Å². The Hall–Kier alpha value is -4.16. The topological polar surface area (TPSA) is 154 Å². The van der Waals surface area contributed by atoms with Crippen molar-refractivity contribution < 1.29 is 23.5 Å². The van der Waals surface area contributed by atoms with Crippen LogP contribution in [-0.4, -0.2) is 34.1 Å². The van der Waals surface area contributed by atoms with Gasteiger partial charge in [0.2, 0.25) is 0 Å². The second-order valence-electron chi connectivity index (χ2n) is 7.63. The van der Waals surface area contributed by atoms with Gasteiger partial charge in [0.25, 0.3) is 17.7 Å². The summed E-state index contributed by atoms with van der Waals surface area (Å²) in [4.78, 5) is 41.1. The molecule has 0 bridgehead atoms. The van der Waals surface area contributed by atoms with Gasteiger partial charge in [-0.1, -0.05) is 18.2 Å². The molecule has 0 radical (unpaired) electrons. The summed E-state index contributed by atoms with van der Waals surface area (Å²) < 4.78 is 14.7. The highest BCUT2D eigenvalue weighted by atomic mass is 32.1. The van der Waals surface area contributed by atoms with Gasteiger partial charge >= 0.3 is 0 Å². The SMILES string of the molecule is COc1ccc(CNC(=O)[C@@H](c2ccco2)N(Cc2cccs2)C(=O)c2snc(C(N)=O)c2N)cc1. The van der Waals surface area contributed by atoms with Crippen LogP contribution in [0.5, 0.6) is 5.75 Å². The van der Waals surface area contributed by atoms with E-state index in [2.05, 4.69) is 9.69 Å². The van der Waals surface area contributed by atoms with Crippen LogP contribution in [0.4, 0.5) is 5.69 Å². The van der Waals surface area contributed by atoms with Crippen molar-refractivity contribution in [3.63, 3.8) is 0 Å². The molecule has 186 valence electrons. The third-order valence-corrected chi connectivity index (χ3v) is 7.03. The molecule has 4 aromatic rings. The number of anilines is 1. The van der Waals surface area contributed by atoms with E-state index >= 15 is 0 Å². The number of rotatable bonds is 10. The fourth-order valence-electron chi connectivity index (χ4n) is 3.51. The molecular weight excluding hydrogens is 502 g/mol. The van der Waals surface area contributed by atoms with E-state index in [-0.39, 0.29) is 35.1 Å². The number of primary amides is 1. The predicted octanol–water partition coefficient (Wildman–Crippen LogP) is 3.19. The predicted molar refractivity (Wildman–Crippen MR) is 136 cm³/mol. The molecule has 0 aliphatic heterocycles. The summed E-state index contributed by atoms with van der Waals surface area (Å²) in [5, 5.41) is 4.75. The van der Waals surface area contributed by atoms with Gasteiger partial charge in [-0.3, -0.25) is 14.4 Å². The molecule has 1 atom stereocenters. The average molecular weight is 526 g/mol. The van der Waals surface area contributed by atoms with E-state index < -0.39 is 23.8 Å². The number of thiophene rings is 1. The largest absolute Gasteiger partial charge is 0.497 e. The zero-order valence-electron chi connectivity index (χ0n) is 19.2. The number of methoxy groups -OCH3 is 1. The molecule has 0 saturated carbocycles. The van der Waals surface area contributed by atoms with Crippen LogP contribution in [-0.2, 0) is 17.9 Å². The molecule has 0 aliphatic rings. The van der Waals surface area contributed by atoms with Crippen LogP contribution in [0.25, 0.3) is 0 Å². The number of carbonyl (C=O) groups is 3. The fraction of sp³-hybridized carbons (Fsp3) is 0.167. The number of nitrogen functional groups attached to an aromatic ring is 1. The van der Waals surface area contributed by atoms with Gasteiger partial charge in [0.15, 0.2) is 11.7 Å². The number of nitrogens with one attached hydrogen (secondary N) is 1. The fourth-order valence-corrected chi connectivity index (χ4v) is 4.97. The first kappa shape index (κ1) is 24.9.